The van der Waals surface area contributed by atoms with Gasteiger partial charge in [-0.25, -0.2) is 0 Å². The highest BCUT2D eigenvalue weighted by molar-refractivity contribution is 5.79. The lowest BCUT2D eigenvalue weighted by atomic mass is 10.1. The van der Waals surface area contributed by atoms with Gasteiger partial charge in [0.15, 0.2) is 0 Å². The number of carbonyl (C=O) groups is 1. The number of amides is 1. The molecule has 0 spiro atoms. The van der Waals surface area contributed by atoms with E-state index in [-0.39, 0.29) is 18.1 Å². The fourth-order valence-electron chi connectivity index (χ4n) is 2.40. The average molecular weight is 252 g/mol. The van der Waals surface area contributed by atoms with Crippen molar-refractivity contribution in [3.05, 3.63) is 17.0 Å². The van der Waals surface area contributed by atoms with E-state index in [1.54, 1.807) is 0 Å². The Kier molecular flexibility index (Phi) is 3.71. The molecule has 1 aliphatic rings. The third-order valence-electron chi connectivity index (χ3n) is 3.28. The summed E-state index contributed by atoms with van der Waals surface area (Å²) >= 11 is 0. The molecular weight excluding hydrogens is 232 g/mol. The van der Waals surface area contributed by atoms with Gasteiger partial charge in [-0.1, -0.05) is 5.16 Å². The lowest BCUT2D eigenvalue weighted by molar-refractivity contribution is -0.142. The molecule has 1 amide bonds. The Balaban J connectivity index is 2.04. The molecule has 1 aromatic rings. The van der Waals surface area contributed by atoms with Crippen LogP contribution in [0.15, 0.2) is 4.52 Å². The Bertz CT molecular complexity index is 412. The zero-order valence-electron chi connectivity index (χ0n) is 11.4. The number of aryl methyl sites for hydroxylation is 2. The summed E-state index contributed by atoms with van der Waals surface area (Å²) in [6.45, 7) is 9.01. The van der Waals surface area contributed by atoms with Crippen molar-refractivity contribution in [2.75, 3.05) is 13.1 Å². The summed E-state index contributed by atoms with van der Waals surface area (Å²) in [4.78, 5) is 14.1. The molecule has 0 unspecified atom stereocenters. The molecule has 1 aliphatic heterocycles. The maximum atomic E-state index is 12.3. The van der Waals surface area contributed by atoms with Gasteiger partial charge in [-0.05, 0) is 27.7 Å². The second-order valence-corrected chi connectivity index (χ2v) is 5.04. The van der Waals surface area contributed by atoms with Crippen molar-refractivity contribution in [3.63, 3.8) is 0 Å². The SMILES string of the molecule is Cc1noc(C)c1CC(=O)N1C[C@@H](C)O[C@@H](C)C1. The van der Waals surface area contributed by atoms with E-state index in [1.165, 1.54) is 0 Å². The number of morpholine rings is 1. The second kappa shape index (κ2) is 5.10. The van der Waals surface area contributed by atoms with E-state index < -0.39 is 0 Å². The molecule has 2 heterocycles. The highest BCUT2D eigenvalue weighted by Gasteiger charge is 2.26. The van der Waals surface area contributed by atoms with Crippen molar-refractivity contribution >= 4 is 5.91 Å². The summed E-state index contributed by atoms with van der Waals surface area (Å²) < 4.78 is 10.7. The number of hydrogen-bond acceptors (Lipinski definition) is 4. The molecule has 1 aromatic heterocycles. The molecule has 1 fully saturated rings. The van der Waals surface area contributed by atoms with E-state index in [4.69, 9.17) is 9.26 Å². The molecule has 1 saturated heterocycles. The van der Waals surface area contributed by atoms with Crippen molar-refractivity contribution in [1.29, 1.82) is 0 Å². The van der Waals surface area contributed by atoms with Crippen LogP contribution in [0.25, 0.3) is 0 Å². The van der Waals surface area contributed by atoms with E-state index in [9.17, 15) is 4.79 Å². The van der Waals surface area contributed by atoms with Gasteiger partial charge in [-0.2, -0.15) is 0 Å². The molecule has 5 heteroatoms. The Morgan fingerprint density at radius 3 is 2.44 bits per heavy atom. The summed E-state index contributed by atoms with van der Waals surface area (Å²) in [7, 11) is 0. The molecule has 2 atom stereocenters. The van der Waals surface area contributed by atoms with E-state index in [2.05, 4.69) is 5.16 Å². The maximum absolute atomic E-state index is 12.3. The molecule has 5 nitrogen and oxygen atoms in total. The zero-order valence-corrected chi connectivity index (χ0v) is 11.4. The minimum absolute atomic E-state index is 0.0994. The van der Waals surface area contributed by atoms with Crippen LogP contribution >= 0.6 is 0 Å². The molecule has 0 aromatic carbocycles. The van der Waals surface area contributed by atoms with Gasteiger partial charge in [0.2, 0.25) is 5.91 Å². The fraction of sp³-hybridized carbons (Fsp3) is 0.692. The van der Waals surface area contributed by atoms with E-state index in [0.29, 0.717) is 19.5 Å². The van der Waals surface area contributed by atoms with Crippen molar-refractivity contribution in [3.8, 4) is 0 Å². The van der Waals surface area contributed by atoms with Crippen LogP contribution in [-0.2, 0) is 16.0 Å². The predicted octanol–water partition coefficient (Wildman–Crippen LogP) is 1.47. The van der Waals surface area contributed by atoms with E-state index in [0.717, 1.165) is 17.0 Å². The van der Waals surface area contributed by atoms with Crippen LogP contribution in [0.3, 0.4) is 0 Å². The van der Waals surface area contributed by atoms with Crippen LogP contribution in [-0.4, -0.2) is 41.3 Å². The number of hydrogen-bond donors (Lipinski definition) is 0. The highest BCUT2D eigenvalue weighted by Crippen LogP contribution is 2.16. The van der Waals surface area contributed by atoms with Gasteiger partial charge in [-0.3, -0.25) is 4.79 Å². The fourth-order valence-corrected chi connectivity index (χ4v) is 2.40. The predicted molar refractivity (Wildman–Crippen MR) is 66.3 cm³/mol. The first-order chi connectivity index (χ1) is 8.47. The molecule has 2 rings (SSSR count). The minimum atomic E-state index is 0.0994. The average Bonchev–Trinajstić information content (AvgIpc) is 2.59. The molecule has 0 N–H and O–H groups in total. The van der Waals surface area contributed by atoms with Gasteiger partial charge in [-0.15, -0.1) is 0 Å². The summed E-state index contributed by atoms with van der Waals surface area (Å²) in [6, 6.07) is 0. The van der Waals surface area contributed by atoms with Crippen LogP contribution in [0.1, 0.15) is 30.9 Å². The number of carbonyl (C=O) groups excluding carboxylic acids is 1. The number of rotatable bonds is 2. The van der Waals surface area contributed by atoms with Crippen LogP contribution in [0.5, 0.6) is 0 Å². The third-order valence-corrected chi connectivity index (χ3v) is 3.28. The molecular formula is C13H20N2O3. The Labute approximate surface area is 107 Å². The molecule has 18 heavy (non-hydrogen) atoms. The molecule has 0 aliphatic carbocycles. The normalized spacial score (nSPS) is 24.3. The quantitative estimate of drug-likeness (QED) is 0.799. The summed E-state index contributed by atoms with van der Waals surface area (Å²) in [5.74, 6) is 0.849. The van der Waals surface area contributed by atoms with Crippen LogP contribution in [0.4, 0.5) is 0 Å². The maximum Gasteiger partial charge on any atom is 0.227 e. The van der Waals surface area contributed by atoms with Gasteiger partial charge in [0.1, 0.15) is 5.76 Å². The molecule has 0 radical (unpaired) electrons. The van der Waals surface area contributed by atoms with Crippen LogP contribution in [0.2, 0.25) is 0 Å². The first-order valence-electron chi connectivity index (χ1n) is 6.32. The standard InChI is InChI=1S/C13H20N2O3/c1-8-6-15(7-9(2)17-8)13(16)5-12-10(3)14-18-11(12)4/h8-9H,5-7H2,1-4H3/t8-,9+. The minimum Gasteiger partial charge on any atom is -0.372 e. The Morgan fingerprint density at radius 1 is 1.33 bits per heavy atom. The summed E-state index contributed by atoms with van der Waals surface area (Å²) in [5, 5.41) is 3.87. The van der Waals surface area contributed by atoms with Crippen molar-refractivity contribution < 1.29 is 14.1 Å². The molecule has 0 saturated carbocycles. The zero-order chi connectivity index (χ0) is 13.3. The second-order valence-electron chi connectivity index (χ2n) is 5.04. The Hall–Kier alpha value is -1.36. The van der Waals surface area contributed by atoms with Gasteiger partial charge in [0.25, 0.3) is 0 Å². The topological polar surface area (TPSA) is 55.6 Å². The van der Waals surface area contributed by atoms with E-state index in [1.807, 2.05) is 32.6 Å². The number of aromatic nitrogens is 1. The highest BCUT2D eigenvalue weighted by atomic mass is 16.5. The smallest absolute Gasteiger partial charge is 0.227 e. The largest absolute Gasteiger partial charge is 0.372 e. The molecule has 100 valence electrons. The van der Waals surface area contributed by atoms with Gasteiger partial charge in [0, 0.05) is 18.7 Å². The van der Waals surface area contributed by atoms with E-state index >= 15 is 0 Å². The lowest BCUT2D eigenvalue weighted by Gasteiger charge is -2.35. The monoisotopic (exact) mass is 252 g/mol. The third kappa shape index (κ3) is 2.72. The first kappa shape index (κ1) is 13.1. The molecule has 0 bridgehead atoms. The van der Waals surface area contributed by atoms with Crippen molar-refractivity contribution in [2.24, 2.45) is 0 Å². The van der Waals surface area contributed by atoms with Crippen molar-refractivity contribution in [2.45, 2.75) is 46.3 Å². The van der Waals surface area contributed by atoms with Crippen LogP contribution in [0, 0.1) is 13.8 Å². The number of nitrogens with zero attached hydrogens (tertiary/aromatic N) is 2. The summed E-state index contributed by atoms with van der Waals surface area (Å²) in [5.41, 5.74) is 1.71. The lowest BCUT2D eigenvalue weighted by Crippen LogP contribution is -2.48. The Morgan fingerprint density at radius 2 is 1.94 bits per heavy atom. The van der Waals surface area contributed by atoms with Gasteiger partial charge < -0.3 is 14.2 Å². The first-order valence-corrected chi connectivity index (χ1v) is 6.32. The summed E-state index contributed by atoms with van der Waals surface area (Å²) in [6.07, 6.45) is 0.561. The van der Waals surface area contributed by atoms with Crippen LogP contribution < -0.4 is 0 Å². The number of ether oxygens (including phenoxy) is 1. The van der Waals surface area contributed by atoms with Crippen molar-refractivity contribution in [1.82, 2.24) is 10.1 Å². The van der Waals surface area contributed by atoms with Gasteiger partial charge >= 0.3 is 0 Å². The van der Waals surface area contributed by atoms with Gasteiger partial charge in [0.05, 0.1) is 24.3 Å².